The third-order valence-corrected chi connectivity index (χ3v) is 8.53. The van der Waals surface area contributed by atoms with Crippen LogP contribution in [0.15, 0.2) is 76.3 Å². The molecule has 0 saturated carbocycles. The highest BCUT2D eigenvalue weighted by Crippen LogP contribution is 2.31. The normalized spacial score (nSPS) is 16.5. The fraction of sp³-hybridized carbons (Fsp3) is 0.174. The van der Waals surface area contributed by atoms with Crippen LogP contribution in [0.2, 0.25) is 0 Å². The zero-order chi connectivity index (χ0) is 22.7. The van der Waals surface area contributed by atoms with Gasteiger partial charge in [-0.1, -0.05) is 36.4 Å². The fourth-order valence-corrected chi connectivity index (χ4v) is 6.35. The minimum atomic E-state index is -3.97. The first-order valence-corrected chi connectivity index (χ1v) is 12.2. The zero-order valence-corrected chi connectivity index (χ0v) is 18.6. The summed E-state index contributed by atoms with van der Waals surface area (Å²) in [6, 6.07) is 19.4. The number of nitriles is 1. The first-order chi connectivity index (χ1) is 15.4. The van der Waals surface area contributed by atoms with E-state index in [0.717, 1.165) is 26.1 Å². The second kappa shape index (κ2) is 9.04. The van der Waals surface area contributed by atoms with Crippen LogP contribution in [0.5, 0.6) is 0 Å². The van der Waals surface area contributed by atoms with Crippen LogP contribution in [0, 0.1) is 11.3 Å². The quantitative estimate of drug-likeness (QED) is 0.499. The van der Waals surface area contributed by atoms with E-state index in [4.69, 9.17) is 5.26 Å². The van der Waals surface area contributed by atoms with Gasteiger partial charge in [0.05, 0.1) is 23.7 Å². The molecule has 9 heteroatoms. The molecule has 2 aromatic carbocycles. The minimum absolute atomic E-state index is 0.0646. The van der Waals surface area contributed by atoms with Gasteiger partial charge in [-0.25, -0.2) is 13.3 Å². The number of imide groups is 1. The van der Waals surface area contributed by atoms with E-state index >= 15 is 0 Å². The first-order valence-electron chi connectivity index (χ1n) is 9.88. The maximum Gasteiger partial charge on any atom is 0.253 e. The third-order valence-electron chi connectivity index (χ3n) is 5.25. The highest BCUT2D eigenvalue weighted by atomic mass is 32.2. The van der Waals surface area contributed by atoms with Crippen molar-refractivity contribution < 1.29 is 18.0 Å². The molecule has 3 aromatic rings. The van der Waals surface area contributed by atoms with E-state index in [-0.39, 0.29) is 17.2 Å². The number of anilines is 1. The number of benzene rings is 2. The molecule has 1 atom stereocenters. The Labute approximate surface area is 190 Å². The Bertz CT molecular complexity index is 1270. The van der Waals surface area contributed by atoms with E-state index in [2.05, 4.69) is 0 Å². The zero-order valence-electron chi connectivity index (χ0n) is 16.9. The van der Waals surface area contributed by atoms with Crippen LogP contribution in [-0.4, -0.2) is 37.1 Å². The summed E-state index contributed by atoms with van der Waals surface area (Å²) in [6.07, 6.45) is 0.165. The van der Waals surface area contributed by atoms with Crippen molar-refractivity contribution in [1.29, 1.82) is 5.26 Å². The molecule has 1 fully saturated rings. The average molecular weight is 466 g/mol. The number of carbonyl (C=O) groups is 2. The highest BCUT2D eigenvalue weighted by Gasteiger charge is 2.47. The molecule has 1 aromatic heterocycles. The molecule has 2 amide bonds. The Kier molecular flexibility index (Phi) is 6.19. The average Bonchev–Trinajstić information content (AvgIpc) is 3.44. The van der Waals surface area contributed by atoms with Crippen LogP contribution in [0.1, 0.15) is 17.5 Å². The molecule has 0 bridgehead atoms. The van der Waals surface area contributed by atoms with E-state index in [0.29, 0.717) is 17.7 Å². The topological polar surface area (TPSA) is 98.5 Å². The SMILES string of the molecule is N#Cc1ccc(N2C(=O)CC(N(CCc3ccccc3)S(=O)(=O)c3cccs3)C2=O)cc1. The summed E-state index contributed by atoms with van der Waals surface area (Å²) in [4.78, 5) is 27.0. The lowest BCUT2D eigenvalue weighted by Gasteiger charge is -2.26. The number of carbonyl (C=O) groups excluding carboxylic acids is 2. The van der Waals surface area contributed by atoms with Crippen molar-refractivity contribution in [3.63, 3.8) is 0 Å². The lowest BCUT2D eigenvalue weighted by Crippen LogP contribution is -2.46. The molecule has 2 heterocycles. The molecule has 0 radical (unpaired) electrons. The number of rotatable bonds is 7. The molecular weight excluding hydrogens is 446 g/mol. The van der Waals surface area contributed by atoms with E-state index < -0.39 is 27.9 Å². The largest absolute Gasteiger partial charge is 0.274 e. The van der Waals surface area contributed by atoms with Gasteiger partial charge < -0.3 is 0 Å². The van der Waals surface area contributed by atoms with Crippen molar-refractivity contribution in [2.24, 2.45) is 0 Å². The summed E-state index contributed by atoms with van der Waals surface area (Å²) in [6.45, 7) is 0.0646. The van der Waals surface area contributed by atoms with Gasteiger partial charge in [0.25, 0.3) is 15.9 Å². The van der Waals surface area contributed by atoms with E-state index in [1.54, 1.807) is 11.4 Å². The molecular formula is C23H19N3O4S2. The number of nitrogens with zero attached hydrogens (tertiary/aromatic N) is 3. The summed E-state index contributed by atoms with van der Waals surface area (Å²) in [5.41, 5.74) is 1.65. The predicted molar refractivity (Wildman–Crippen MR) is 120 cm³/mol. The van der Waals surface area contributed by atoms with E-state index in [1.165, 1.54) is 30.3 Å². The van der Waals surface area contributed by atoms with Crippen LogP contribution >= 0.6 is 11.3 Å². The van der Waals surface area contributed by atoms with Gasteiger partial charge >= 0.3 is 0 Å². The van der Waals surface area contributed by atoms with Gasteiger partial charge in [0.2, 0.25) is 5.91 Å². The fourth-order valence-electron chi connectivity index (χ4n) is 3.65. The van der Waals surface area contributed by atoms with Gasteiger partial charge in [0, 0.05) is 6.54 Å². The lowest BCUT2D eigenvalue weighted by molar-refractivity contribution is -0.122. The van der Waals surface area contributed by atoms with Gasteiger partial charge in [0.1, 0.15) is 10.3 Å². The van der Waals surface area contributed by atoms with Crippen LogP contribution in [0.25, 0.3) is 0 Å². The van der Waals surface area contributed by atoms with Gasteiger partial charge in [-0.3, -0.25) is 9.59 Å². The Morgan fingerprint density at radius 3 is 2.38 bits per heavy atom. The molecule has 1 aliphatic rings. The number of amides is 2. The minimum Gasteiger partial charge on any atom is -0.274 e. The maximum absolute atomic E-state index is 13.4. The van der Waals surface area contributed by atoms with Crippen LogP contribution < -0.4 is 4.90 Å². The molecule has 1 aliphatic heterocycles. The molecule has 1 saturated heterocycles. The summed E-state index contributed by atoms with van der Waals surface area (Å²) in [7, 11) is -3.97. The first kappa shape index (κ1) is 21.9. The van der Waals surface area contributed by atoms with Gasteiger partial charge in [-0.05, 0) is 47.7 Å². The number of thiophene rings is 1. The maximum atomic E-state index is 13.4. The van der Waals surface area contributed by atoms with Crippen molar-refractivity contribution in [1.82, 2.24) is 4.31 Å². The molecule has 4 rings (SSSR count). The van der Waals surface area contributed by atoms with Crippen LogP contribution in [0.3, 0.4) is 0 Å². The number of hydrogen-bond donors (Lipinski definition) is 0. The van der Waals surface area contributed by atoms with Gasteiger partial charge in [-0.2, -0.15) is 9.57 Å². The van der Waals surface area contributed by atoms with E-state index in [1.807, 2.05) is 36.4 Å². The van der Waals surface area contributed by atoms with Gasteiger partial charge in [0.15, 0.2) is 0 Å². The van der Waals surface area contributed by atoms with Crippen molar-refractivity contribution in [2.75, 3.05) is 11.4 Å². The Morgan fingerprint density at radius 2 is 1.75 bits per heavy atom. The number of hydrogen-bond acceptors (Lipinski definition) is 6. The molecule has 0 N–H and O–H groups in total. The Balaban J connectivity index is 1.66. The molecule has 32 heavy (non-hydrogen) atoms. The Morgan fingerprint density at radius 1 is 1.03 bits per heavy atom. The second-order valence-corrected chi connectivity index (χ2v) is 10.3. The molecule has 0 spiro atoms. The van der Waals surface area contributed by atoms with Gasteiger partial charge in [-0.15, -0.1) is 11.3 Å². The smallest absolute Gasteiger partial charge is 0.253 e. The van der Waals surface area contributed by atoms with Crippen molar-refractivity contribution >= 4 is 38.9 Å². The summed E-state index contributed by atoms with van der Waals surface area (Å²) >= 11 is 1.07. The predicted octanol–water partition coefficient (Wildman–Crippen LogP) is 3.19. The summed E-state index contributed by atoms with van der Waals surface area (Å²) in [5, 5.41) is 10.6. The molecule has 0 aliphatic carbocycles. The standard InChI is InChI=1S/C23H19N3O4S2/c24-16-18-8-10-19(11-9-18)26-21(27)15-20(23(26)28)25(13-12-17-5-2-1-3-6-17)32(29,30)22-7-4-14-31-22/h1-11,14,20H,12-13,15H2. The lowest BCUT2D eigenvalue weighted by atomic mass is 10.1. The third kappa shape index (κ3) is 4.21. The highest BCUT2D eigenvalue weighted by molar-refractivity contribution is 7.91. The van der Waals surface area contributed by atoms with Crippen molar-refractivity contribution in [3.05, 3.63) is 83.2 Å². The van der Waals surface area contributed by atoms with E-state index in [9.17, 15) is 18.0 Å². The second-order valence-electron chi connectivity index (χ2n) is 7.23. The molecule has 7 nitrogen and oxygen atoms in total. The molecule has 1 unspecified atom stereocenters. The monoisotopic (exact) mass is 465 g/mol. The Hall–Kier alpha value is -3.32. The summed E-state index contributed by atoms with van der Waals surface area (Å²) in [5.74, 6) is -1.07. The van der Waals surface area contributed by atoms with Crippen LogP contribution in [-0.2, 0) is 26.0 Å². The number of sulfonamides is 1. The molecule has 162 valence electrons. The van der Waals surface area contributed by atoms with Crippen molar-refractivity contribution in [3.8, 4) is 6.07 Å². The summed E-state index contributed by atoms with van der Waals surface area (Å²) < 4.78 is 28.1. The van der Waals surface area contributed by atoms with Crippen molar-refractivity contribution in [2.45, 2.75) is 23.1 Å². The van der Waals surface area contributed by atoms with Crippen LogP contribution in [0.4, 0.5) is 5.69 Å².